The van der Waals surface area contributed by atoms with E-state index in [1.807, 2.05) is 66.7 Å². The summed E-state index contributed by atoms with van der Waals surface area (Å²) >= 11 is 0. The summed E-state index contributed by atoms with van der Waals surface area (Å²) in [6, 6.07) is 24.9. The highest BCUT2D eigenvalue weighted by atomic mass is 16.5. The van der Waals surface area contributed by atoms with Gasteiger partial charge in [-0.2, -0.15) is 0 Å². The Bertz CT molecular complexity index is 891. The number of nitrogens with zero attached hydrogens (tertiary/aromatic N) is 1. The van der Waals surface area contributed by atoms with Crippen LogP contribution >= 0.6 is 0 Å². The van der Waals surface area contributed by atoms with E-state index in [9.17, 15) is 4.79 Å². The lowest BCUT2D eigenvalue weighted by Crippen LogP contribution is -2.37. The summed E-state index contributed by atoms with van der Waals surface area (Å²) in [5, 5.41) is 0. The molecule has 3 aromatic carbocycles. The number of anilines is 1. The van der Waals surface area contributed by atoms with Gasteiger partial charge in [0.05, 0.1) is 12.2 Å². The minimum absolute atomic E-state index is 0.0321. The maximum Gasteiger partial charge on any atom is 0.258 e. The molecule has 1 heterocycles. The van der Waals surface area contributed by atoms with Gasteiger partial charge in [0, 0.05) is 5.56 Å². The van der Waals surface area contributed by atoms with Gasteiger partial charge in [-0.25, -0.2) is 0 Å². The Hall–Kier alpha value is -3.27. The number of hydrogen-bond donors (Lipinski definition) is 0. The molecular formula is C22H19NO3. The van der Waals surface area contributed by atoms with Gasteiger partial charge in [-0.1, -0.05) is 42.5 Å². The summed E-state index contributed by atoms with van der Waals surface area (Å²) in [5.41, 5.74) is 2.56. The minimum Gasteiger partial charge on any atom is -0.490 e. The lowest BCUT2D eigenvalue weighted by Gasteiger charge is -2.29. The molecule has 0 unspecified atom stereocenters. The first kappa shape index (κ1) is 16.2. The number of carbonyl (C=O) groups excluding carboxylic acids is 1. The van der Waals surface area contributed by atoms with Crippen LogP contribution < -0.4 is 14.4 Å². The standard InChI is InChI=1S/C22H19NO3/c24-22(23-14-15-25-21-9-5-4-8-20(21)23)18-10-12-19(13-11-18)26-16-17-6-2-1-3-7-17/h1-13H,14-16H2. The molecule has 130 valence electrons. The first-order valence-corrected chi connectivity index (χ1v) is 8.62. The van der Waals surface area contributed by atoms with Crippen LogP contribution in [0.3, 0.4) is 0 Å². The Labute approximate surface area is 152 Å². The zero-order chi connectivity index (χ0) is 17.8. The van der Waals surface area contributed by atoms with E-state index in [0.29, 0.717) is 25.3 Å². The van der Waals surface area contributed by atoms with Crippen LogP contribution in [-0.2, 0) is 6.61 Å². The van der Waals surface area contributed by atoms with Gasteiger partial charge in [0.1, 0.15) is 24.7 Å². The van der Waals surface area contributed by atoms with E-state index in [2.05, 4.69) is 0 Å². The molecular weight excluding hydrogens is 326 g/mol. The van der Waals surface area contributed by atoms with Crippen molar-refractivity contribution in [3.05, 3.63) is 90.0 Å². The van der Waals surface area contributed by atoms with Crippen LogP contribution in [0.2, 0.25) is 0 Å². The molecule has 1 aliphatic heterocycles. The molecule has 0 N–H and O–H groups in total. The number of benzene rings is 3. The Morgan fingerprint density at radius 3 is 2.46 bits per heavy atom. The van der Waals surface area contributed by atoms with Crippen molar-refractivity contribution in [3.8, 4) is 11.5 Å². The summed E-state index contributed by atoms with van der Waals surface area (Å²) in [6.07, 6.45) is 0. The van der Waals surface area contributed by atoms with Crippen LogP contribution in [0.5, 0.6) is 11.5 Å². The van der Waals surface area contributed by atoms with Gasteiger partial charge in [-0.3, -0.25) is 4.79 Å². The van der Waals surface area contributed by atoms with Gasteiger partial charge in [0.2, 0.25) is 0 Å². The molecule has 26 heavy (non-hydrogen) atoms. The fraction of sp³-hybridized carbons (Fsp3) is 0.136. The van der Waals surface area contributed by atoms with Crippen LogP contribution in [-0.4, -0.2) is 19.1 Å². The van der Waals surface area contributed by atoms with E-state index in [-0.39, 0.29) is 5.91 Å². The maximum atomic E-state index is 12.9. The summed E-state index contributed by atoms with van der Waals surface area (Å²) in [7, 11) is 0. The lowest BCUT2D eigenvalue weighted by atomic mass is 10.1. The van der Waals surface area contributed by atoms with Crippen molar-refractivity contribution in [2.75, 3.05) is 18.1 Å². The zero-order valence-corrected chi connectivity index (χ0v) is 14.3. The van der Waals surface area contributed by atoms with Gasteiger partial charge in [-0.15, -0.1) is 0 Å². The Kier molecular flexibility index (Phi) is 4.56. The van der Waals surface area contributed by atoms with Crippen LogP contribution in [0.15, 0.2) is 78.9 Å². The molecule has 0 aromatic heterocycles. The Balaban J connectivity index is 1.46. The van der Waals surface area contributed by atoms with Crippen molar-refractivity contribution in [2.45, 2.75) is 6.61 Å². The van der Waals surface area contributed by atoms with Crippen LogP contribution in [0.25, 0.3) is 0 Å². The molecule has 0 bridgehead atoms. The SMILES string of the molecule is O=C(c1ccc(OCc2ccccc2)cc1)N1CCOc2ccccc21. The molecule has 0 aliphatic carbocycles. The van der Waals surface area contributed by atoms with Gasteiger partial charge >= 0.3 is 0 Å². The second-order valence-electron chi connectivity index (χ2n) is 6.07. The molecule has 4 nitrogen and oxygen atoms in total. The van der Waals surface area contributed by atoms with Crippen molar-refractivity contribution < 1.29 is 14.3 Å². The molecule has 0 fully saturated rings. The number of para-hydroxylation sites is 2. The first-order chi connectivity index (χ1) is 12.8. The third kappa shape index (κ3) is 3.40. The highest BCUT2D eigenvalue weighted by Crippen LogP contribution is 2.32. The van der Waals surface area contributed by atoms with Crippen molar-refractivity contribution in [1.29, 1.82) is 0 Å². The highest BCUT2D eigenvalue weighted by Gasteiger charge is 2.24. The quantitative estimate of drug-likeness (QED) is 0.707. The number of carbonyl (C=O) groups is 1. The third-order valence-electron chi connectivity index (χ3n) is 4.32. The summed E-state index contributed by atoms with van der Waals surface area (Å²) < 4.78 is 11.4. The molecule has 3 aromatic rings. The lowest BCUT2D eigenvalue weighted by molar-refractivity contribution is 0.0976. The van der Waals surface area contributed by atoms with E-state index in [4.69, 9.17) is 9.47 Å². The average Bonchev–Trinajstić information content (AvgIpc) is 2.72. The number of hydrogen-bond acceptors (Lipinski definition) is 3. The molecule has 4 heteroatoms. The summed E-state index contributed by atoms with van der Waals surface area (Å²) in [5.74, 6) is 1.46. The fourth-order valence-corrected chi connectivity index (χ4v) is 2.97. The molecule has 1 aliphatic rings. The number of amides is 1. The Morgan fingerprint density at radius 2 is 1.65 bits per heavy atom. The number of rotatable bonds is 4. The van der Waals surface area contributed by atoms with Crippen LogP contribution in [0.4, 0.5) is 5.69 Å². The molecule has 0 saturated heterocycles. The molecule has 1 amide bonds. The molecule has 0 radical (unpaired) electrons. The molecule has 0 atom stereocenters. The third-order valence-corrected chi connectivity index (χ3v) is 4.32. The van der Waals surface area contributed by atoms with Crippen LogP contribution in [0, 0.1) is 0 Å². The van der Waals surface area contributed by atoms with Crippen molar-refractivity contribution in [2.24, 2.45) is 0 Å². The van der Waals surface area contributed by atoms with Crippen molar-refractivity contribution in [3.63, 3.8) is 0 Å². The van der Waals surface area contributed by atoms with E-state index in [1.165, 1.54) is 0 Å². The van der Waals surface area contributed by atoms with Gasteiger partial charge < -0.3 is 14.4 Å². The zero-order valence-electron chi connectivity index (χ0n) is 14.3. The monoisotopic (exact) mass is 345 g/mol. The predicted octanol–water partition coefficient (Wildman–Crippen LogP) is 4.30. The second kappa shape index (κ2) is 7.31. The van der Waals surface area contributed by atoms with Crippen molar-refractivity contribution >= 4 is 11.6 Å². The molecule has 4 rings (SSSR count). The number of fused-ring (bicyclic) bond motifs is 1. The van der Waals surface area contributed by atoms with E-state index < -0.39 is 0 Å². The molecule has 0 saturated carbocycles. The maximum absolute atomic E-state index is 12.9. The first-order valence-electron chi connectivity index (χ1n) is 8.62. The number of ether oxygens (including phenoxy) is 2. The Morgan fingerprint density at radius 1 is 0.923 bits per heavy atom. The normalized spacial score (nSPS) is 12.8. The molecule has 0 spiro atoms. The smallest absolute Gasteiger partial charge is 0.258 e. The highest BCUT2D eigenvalue weighted by molar-refractivity contribution is 6.07. The average molecular weight is 345 g/mol. The minimum atomic E-state index is -0.0321. The van der Waals surface area contributed by atoms with Gasteiger partial charge in [-0.05, 0) is 42.0 Å². The fourth-order valence-electron chi connectivity index (χ4n) is 2.97. The van der Waals surface area contributed by atoms with E-state index in [1.54, 1.807) is 17.0 Å². The van der Waals surface area contributed by atoms with Crippen LogP contribution in [0.1, 0.15) is 15.9 Å². The topological polar surface area (TPSA) is 38.8 Å². The summed E-state index contributed by atoms with van der Waals surface area (Å²) in [6.45, 7) is 1.55. The summed E-state index contributed by atoms with van der Waals surface area (Å²) in [4.78, 5) is 14.6. The predicted molar refractivity (Wildman–Crippen MR) is 101 cm³/mol. The largest absolute Gasteiger partial charge is 0.490 e. The van der Waals surface area contributed by atoms with Gasteiger partial charge in [0.15, 0.2) is 0 Å². The second-order valence-corrected chi connectivity index (χ2v) is 6.07. The van der Waals surface area contributed by atoms with Crippen molar-refractivity contribution in [1.82, 2.24) is 0 Å². The van der Waals surface area contributed by atoms with Gasteiger partial charge in [0.25, 0.3) is 5.91 Å². The van der Waals surface area contributed by atoms with E-state index >= 15 is 0 Å². The van der Waals surface area contributed by atoms with E-state index in [0.717, 1.165) is 22.7 Å².